The zero-order valence-corrected chi connectivity index (χ0v) is 12.5. The van der Waals surface area contributed by atoms with Crippen LogP contribution in [0.15, 0.2) is 0 Å². The van der Waals surface area contributed by atoms with Gasteiger partial charge in [0.15, 0.2) is 0 Å². The molecule has 0 aromatic rings. The summed E-state index contributed by atoms with van der Waals surface area (Å²) in [5.74, 6) is 3.63. The Balaban J connectivity index is 2.27. The monoisotopic (exact) mass is 259 g/mol. The van der Waals surface area contributed by atoms with Crippen molar-refractivity contribution in [3.8, 4) is 0 Å². The fourth-order valence-corrected chi connectivity index (χ4v) is 3.46. The molecule has 0 bridgehead atoms. The maximum Gasteiger partial charge on any atom is 0.0623 e. The lowest BCUT2D eigenvalue weighted by atomic mass is 9.94. The van der Waals surface area contributed by atoms with E-state index >= 15 is 0 Å². The van der Waals surface area contributed by atoms with Gasteiger partial charge in [0.2, 0.25) is 0 Å². The number of nitrogens with one attached hydrogen (secondary N) is 1. The molecule has 3 heteroatoms. The van der Waals surface area contributed by atoms with Crippen LogP contribution in [0.4, 0.5) is 0 Å². The summed E-state index contributed by atoms with van der Waals surface area (Å²) in [5.41, 5.74) is 0. The van der Waals surface area contributed by atoms with Gasteiger partial charge in [0.1, 0.15) is 0 Å². The molecule has 1 rings (SSSR count). The number of thioether (sulfide) groups is 1. The maximum atomic E-state index is 5.77. The lowest BCUT2D eigenvalue weighted by Crippen LogP contribution is -2.37. The van der Waals surface area contributed by atoms with Crippen molar-refractivity contribution in [3.05, 3.63) is 0 Å². The van der Waals surface area contributed by atoms with E-state index in [1.807, 2.05) is 0 Å². The van der Waals surface area contributed by atoms with Crippen LogP contribution < -0.4 is 5.32 Å². The molecule has 1 unspecified atom stereocenters. The highest BCUT2D eigenvalue weighted by Gasteiger charge is 2.19. The summed E-state index contributed by atoms with van der Waals surface area (Å²) < 4.78 is 5.77. The summed E-state index contributed by atoms with van der Waals surface area (Å²) in [5, 5.41) is 3.64. The molecular weight excluding hydrogens is 230 g/mol. The minimum Gasteiger partial charge on any atom is -0.377 e. The Morgan fingerprint density at radius 3 is 2.59 bits per heavy atom. The Bertz CT molecular complexity index is 181. The molecule has 102 valence electrons. The Labute approximate surface area is 111 Å². The van der Waals surface area contributed by atoms with E-state index < -0.39 is 0 Å². The summed E-state index contributed by atoms with van der Waals surface area (Å²) in [6.45, 7) is 8.46. The number of hydrogen-bond acceptors (Lipinski definition) is 3. The molecule has 1 fully saturated rings. The minimum atomic E-state index is 0.350. The van der Waals surface area contributed by atoms with Crippen LogP contribution in [0.2, 0.25) is 0 Å². The summed E-state index contributed by atoms with van der Waals surface area (Å²) in [6, 6.07) is 0.561. The topological polar surface area (TPSA) is 21.3 Å². The molecule has 1 aliphatic heterocycles. The van der Waals surface area contributed by atoms with E-state index in [0.29, 0.717) is 12.1 Å². The van der Waals surface area contributed by atoms with Gasteiger partial charge in [-0.1, -0.05) is 6.92 Å². The van der Waals surface area contributed by atoms with Crippen LogP contribution in [0.25, 0.3) is 0 Å². The molecule has 17 heavy (non-hydrogen) atoms. The molecule has 0 amide bonds. The van der Waals surface area contributed by atoms with E-state index in [1.165, 1.54) is 37.2 Å². The summed E-state index contributed by atoms with van der Waals surface area (Å²) in [7, 11) is 0. The average molecular weight is 259 g/mol. The predicted molar refractivity (Wildman–Crippen MR) is 77.8 cm³/mol. The van der Waals surface area contributed by atoms with Gasteiger partial charge in [-0.3, -0.25) is 0 Å². The van der Waals surface area contributed by atoms with Gasteiger partial charge in [-0.05, 0) is 63.5 Å². The number of rotatable bonds is 8. The number of ether oxygens (including phenoxy) is 1. The molecule has 0 saturated carbocycles. The van der Waals surface area contributed by atoms with Gasteiger partial charge in [-0.2, -0.15) is 11.8 Å². The van der Waals surface area contributed by atoms with Crippen molar-refractivity contribution in [1.29, 1.82) is 0 Å². The van der Waals surface area contributed by atoms with E-state index in [4.69, 9.17) is 4.74 Å². The molecule has 1 saturated heterocycles. The van der Waals surface area contributed by atoms with Gasteiger partial charge in [0.25, 0.3) is 0 Å². The Morgan fingerprint density at radius 1 is 1.29 bits per heavy atom. The highest BCUT2D eigenvalue weighted by molar-refractivity contribution is 7.99. The molecule has 1 N–H and O–H groups in total. The van der Waals surface area contributed by atoms with Crippen LogP contribution in [0.5, 0.6) is 0 Å². The van der Waals surface area contributed by atoms with Crippen molar-refractivity contribution in [2.75, 3.05) is 24.7 Å². The largest absolute Gasteiger partial charge is 0.377 e. The third-order valence-electron chi connectivity index (χ3n) is 3.27. The lowest BCUT2D eigenvalue weighted by molar-refractivity contribution is 0.0556. The van der Waals surface area contributed by atoms with E-state index in [1.54, 1.807) is 0 Å². The molecule has 1 atom stereocenters. The second-order valence-electron chi connectivity index (χ2n) is 5.32. The van der Waals surface area contributed by atoms with Crippen LogP contribution in [0.3, 0.4) is 0 Å². The van der Waals surface area contributed by atoms with Gasteiger partial charge >= 0.3 is 0 Å². The van der Waals surface area contributed by atoms with Crippen LogP contribution >= 0.6 is 11.8 Å². The molecule has 0 radical (unpaired) electrons. The van der Waals surface area contributed by atoms with Crippen molar-refractivity contribution in [2.24, 2.45) is 5.92 Å². The predicted octanol–water partition coefficient (Wildman–Crippen LogP) is 3.31. The van der Waals surface area contributed by atoms with Gasteiger partial charge in [0.05, 0.1) is 12.7 Å². The summed E-state index contributed by atoms with van der Waals surface area (Å²) in [4.78, 5) is 0. The van der Waals surface area contributed by atoms with Crippen LogP contribution in [-0.2, 0) is 4.74 Å². The van der Waals surface area contributed by atoms with Gasteiger partial charge < -0.3 is 10.1 Å². The van der Waals surface area contributed by atoms with Crippen LogP contribution in [0, 0.1) is 5.92 Å². The third kappa shape index (κ3) is 7.32. The van der Waals surface area contributed by atoms with Crippen LogP contribution in [0.1, 0.15) is 46.5 Å². The highest BCUT2D eigenvalue weighted by atomic mass is 32.2. The van der Waals surface area contributed by atoms with Crippen molar-refractivity contribution in [1.82, 2.24) is 5.32 Å². The van der Waals surface area contributed by atoms with E-state index in [-0.39, 0.29) is 0 Å². The van der Waals surface area contributed by atoms with E-state index in [0.717, 1.165) is 19.1 Å². The van der Waals surface area contributed by atoms with E-state index in [9.17, 15) is 0 Å². The Hall–Kier alpha value is 0.270. The fourth-order valence-electron chi connectivity index (χ4n) is 2.25. The molecule has 0 spiro atoms. The normalized spacial score (nSPS) is 19.8. The first kappa shape index (κ1) is 15.3. The third-order valence-corrected chi connectivity index (χ3v) is 4.32. The van der Waals surface area contributed by atoms with Crippen molar-refractivity contribution in [2.45, 2.75) is 58.6 Å². The average Bonchev–Trinajstić information content (AvgIpc) is 2.34. The van der Waals surface area contributed by atoms with E-state index in [2.05, 4.69) is 37.8 Å². The summed E-state index contributed by atoms with van der Waals surface area (Å²) >= 11 is 2.11. The SMILES string of the molecule is CCCNC(COC(C)C)CC1CCSCC1. The second-order valence-corrected chi connectivity index (χ2v) is 6.55. The highest BCUT2D eigenvalue weighted by Crippen LogP contribution is 2.26. The second kappa shape index (κ2) is 9.23. The molecular formula is C14H29NOS. The molecule has 1 heterocycles. The lowest BCUT2D eigenvalue weighted by Gasteiger charge is -2.27. The number of hydrogen-bond donors (Lipinski definition) is 1. The van der Waals surface area contributed by atoms with Crippen LogP contribution in [-0.4, -0.2) is 36.8 Å². The van der Waals surface area contributed by atoms with Gasteiger partial charge in [0, 0.05) is 6.04 Å². The first-order chi connectivity index (χ1) is 8.22. The smallest absolute Gasteiger partial charge is 0.0623 e. The molecule has 0 aliphatic carbocycles. The zero-order valence-electron chi connectivity index (χ0n) is 11.7. The Kier molecular flexibility index (Phi) is 8.33. The minimum absolute atomic E-state index is 0.350. The van der Waals surface area contributed by atoms with Crippen molar-refractivity contribution >= 4 is 11.8 Å². The Morgan fingerprint density at radius 2 is 2.00 bits per heavy atom. The van der Waals surface area contributed by atoms with Crippen molar-refractivity contribution in [3.63, 3.8) is 0 Å². The first-order valence-electron chi connectivity index (χ1n) is 7.15. The molecule has 0 aromatic carbocycles. The molecule has 1 aliphatic rings. The fraction of sp³-hybridized carbons (Fsp3) is 1.00. The van der Waals surface area contributed by atoms with Gasteiger partial charge in [-0.15, -0.1) is 0 Å². The first-order valence-corrected chi connectivity index (χ1v) is 8.30. The van der Waals surface area contributed by atoms with Gasteiger partial charge in [-0.25, -0.2) is 0 Å². The maximum absolute atomic E-state index is 5.77. The quantitative estimate of drug-likeness (QED) is 0.722. The van der Waals surface area contributed by atoms with Crippen molar-refractivity contribution < 1.29 is 4.74 Å². The zero-order chi connectivity index (χ0) is 12.5. The molecule has 2 nitrogen and oxygen atoms in total. The molecule has 0 aromatic heterocycles. The summed E-state index contributed by atoms with van der Waals surface area (Å²) in [6.07, 6.45) is 5.65. The standard InChI is InChI=1S/C14H29NOS/c1-4-7-15-14(11-16-12(2)3)10-13-5-8-17-9-6-13/h12-15H,4-11H2,1-3H3.